The van der Waals surface area contributed by atoms with Gasteiger partial charge in [0.2, 0.25) is 0 Å². The smallest absolute Gasteiger partial charge is 0.139 e. The number of hydrogen-bond acceptors (Lipinski definition) is 4. The Labute approximate surface area is 114 Å². The topological polar surface area (TPSA) is 32.7 Å². The predicted molar refractivity (Wildman–Crippen MR) is 77.4 cm³/mol. The van der Waals surface area contributed by atoms with Crippen LogP contribution in [0.1, 0.15) is 10.9 Å². The van der Waals surface area contributed by atoms with E-state index in [0.717, 1.165) is 22.4 Å². The van der Waals surface area contributed by atoms with E-state index >= 15 is 0 Å². The molecule has 0 radical (unpaired) electrons. The fraction of sp³-hybridized carbons (Fsp3) is 0.333. The SMILES string of the molecule is C=CCN(CC=C)CC(N=O)c1cc(Br)cs1. The summed E-state index contributed by atoms with van der Waals surface area (Å²) in [5, 5.41) is 5.16. The van der Waals surface area contributed by atoms with E-state index in [2.05, 4.69) is 39.2 Å². The van der Waals surface area contributed by atoms with Gasteiger partial charge in [0, 0.05) is 34.4 Å². The average molecular weight is 315 g/mol. The summed E-state index contributed by atoms with van der Waals surface area (Å²) < 4.78 is 0.991. The molecule has 0 aromatic carbocycles. The number of rotatable bonds is 8. The minimum absolute atomic E-state index is 0.328. The summed E-state index contributed by atoms with van der Waals surface area (Å²) >= 11 is 4.92. The van der Waals surface area contributed by atoms with Crippen molar-refractivity contribution in [3.8, 4) is 0 Å². The Bertz CT molecular complexity index is 382. The molecule has 1 aromatic heterocycles. The first kappa shape index (κ1) is 14.3. The molecule has 0 saturated heterocycles. The molecule has 0 aliphatic heterocycles. The van der Waals surface area contributed by atoms with Gasteiger partial charge in [-0.2, -0.15) is 4.91 Å². The molecule has 1 unspecified atom stereocenters. The zero-order valence-electron chi connectivity index (χ0n) is 9.51. The summed E-state index contributed by atoms with van der Waals surface area (Å²) in [4.78, 5) is 14.0. The summed E-state index contributed by atoms with van der Waals surface area (Å²) in [5.41, 5.74) is 0. The molecule has 0 bridgehead atoms. The Balaban J connectivity index is 2.70. The molecule has 0 spiro atoms. The first-order valence-corrected chi connectivity index (χ1v) is 6.89. The van der Waals surface area contributed by atoms with Crippen molar-refractivity contribution in [1.82, 2.24) is 4.90 Å². The molecule has 0 fully saturated rings. The molecule has 0 aliphatic carbocycles. The fourth-order valence-electron chi connectivity index (χ4n) is 1.51. The lowest BCUT2D eigenvalue weighted by Crippen LogP contribution is -2.28. The Morgan fingerprint density at radius 1 is 1.47 bits per heavy atom. The Morgan fingerprint density at radius 3 is 2.53 bits per heavy atom. The second-order valence-corrected chi connectivity index (χ2v) is 5.44. The van der Waals surface area contributed by atoms with Crippen molar-refractivity contribution >= 4 is 27.3 Å². The normalized spacial score (nSPS) is 12.4. The molecule has 92 valence electrons. The highest BCUT2D eigenvalue weighted by Gasteiger charge is 2.17. The van der Waals surface area contributed by atoms with Gasteiger partial charge in [0.1, 0.15) is 6.04 Å². The first-order valence-electron chi connectivity index (χ1n) is 5.21. The van der Waals surface area contributed by atoms with Gasteiger partial charge in [-0.25, -0.2) is 0 Å². The van der Waals surface area contributed by atoms with Gasteiger partial charge >= 0.3 is 0 Å². The lowest BCUT2D eigenvalue weighted by molar-refractivity contribution is 0.314. The molecule has 0 aliphatic rings. The second kappa shape index (κ2) is 7.53. The molecule has 0 amide bonds. The van der Waals surface area contributed by atoms with E-state index in [4.69, 9.17) is 0 Å². The van der Waals surface area contributed by atoms with Gasteiger partial charge in [-0.1, -0.05) is 17.3 Å². The largest absolute Gasteiger partial charge is 0.293 e. The van der Waals surface area contributed by atoms with Crippen LogP contribution in [0, 0.1) is 4.91 Å². The Hall–Kier alpha value is -0.780. The number of nitroso groups, excluding NO2 is 1. The van der Waals surface area contributed by atoms with Gasteiger partial charge in [-0.15, -0.1) is 24.5 Å². The summed E-state index contributed by atoms with van der Waals surface area (Å²) in [6.07, 6.45) is 3.63. The van der Waals surface area contributed by atoms with Crippen molar-refractivity contribution in [3.63, 3.8) is 0 Å². The molecular weight excluding hydrogens is 300 g/mol. The summed E-state index contributed by atoms with van der Waals surface area (Å²) in [5.74, 6) is 0. The molecule has 0 N–H and O–H groups in total. The third kappa shape index (κ3) is 4.53. The van der Waals surface area contributed by atoms with Crippen molar-refractivity contribution < 1.29 is 0 Å². The van der Waals surface area contributed by atoms with Crippen LogP contribution in [-0.2, 0) is 0 Å². The van der Waals surface area contributed by atoms with Crippen molar-refractivity contribution in [2.75, 3.05) is 19.6 Å². The van der Waals surface area contributed by atoms with E-state index in [1.54, 1.807) is 11.3 Å². The monoisotopic (exact) mass is 314 g/mol. The maximum absolute atomic E-state index is 10.9. The van der Waals surface area contributed by atoms with Gasteiger partial charge in [-0.3, -0.25) is 4.90 Å². The highest BCUT2D eigenvalue weighted by molar-refractivity contribution is 9.10. The van der Waals surface area contributed by atoms with Gasteiger partial charge in [0.25, 0.3) is 0 Å². The van der Waals surface area contributed by atoms with Crippen LogP contribution >= 0.6 is 27.3 Å². The standard InChI is InChI=1S/C12H15BrN2OS/c1-3-5-15(6-4-2)8-11(14-16)12-7-10(13)9-17-12/h3-4,7,9,11H,1-2,5-6,8H2. The highest BCUT2D eigenvalue weighted by atomic mass is 79.9. The molecule has 17 heavy (non-hydrogen) atoms. The van der Waals surface area contributed by atoms with Gasteiger partial charge in [0.15, 0.2) is 0 Å². The quantitative estimate of drug-likeness (QED) is 0.537. The zero-order valence-corrected chi connectivity index (χ0v) is 11.9. The molecular formula is C12H15BrN2OS. The van der Waals surface area contributed by atoms with E-state index < -0.39 is 0 Å². The molecule has 1 atom stereocenters. The van der Waals surface area contributed by atoms with Crippen molar-refractivity contribution in [1.29, 1.82) is 0 Å². The summed E-state index contributed by atoms with van der Waals surface area (Å²) in [6, 6.07) is 1.61. The number of hydrogen-bond donors (Lipinski definition) is 0. The minimum Gasteiger partial charge on any atom is -0.293 e. The van der Waals surface area contributed by atoms with Crippen LogP contribution in [0.4, 0.5) is 0 Å². The van der Waals surface area contributed by atoms with Crippen LogP contribution < -0.4 is 0 Å². The van der Waals surface area contributed by atoms with Crippen LogP contribution in [0.2, 0.25) is 0 Å². The maximum Gasteiger partial charge on any atom is 0.139 e. The van der Waals surface area contributed by atoms with Crippen molar-refractivity contribution in [2.45, 2.75) is 6.04 Å². The first-order chi connectivity index (χ1) is 8.21. The van der Waals surface area contributed by atoms with Gasteiger partial charge < -0.3 is 0 Å². The molecule has 3 nitrogen and oxygen atoms in total. The van der Waals surface area contributed by atoms with E-state index in [9.17, 15) is 4.91 Å². The number of halogens is 1. The average Bonchev–Trinajstić information content (AvgIpc) is 2.73. The molecule has 1 aromatic rings. The van der Waals surface area contributed by atoms with E-state index in [-0.39, 0.29) is 6.04 Å². The lowest BCUT2D eigenvalue weighted by atomic mass is 10.2. The molecule has 0 saturated carbocycles. The Kier molecular flexibility index (Phi) is 6.32. The summed E-state index contributed by atoms with van der Waals surface area (Å²) in [7, 11) is 0. The van der Waals surface area contributed by atoms with E-state index in [0.29, 0.717) is 6.54 Å². The zero-order chi connectivity index (χ0) is 12.7. The highest BCUT2D eigenvalue weighted by Crippen LogP contribution is 2.28. The second-order valence-electron chi connectivity index (χ2n) is 3.58. The number of nitrogens with zero attached hydrogens (tertiary/aromatic N) is 2. The summed E-state index contributed by atoms with van der Waals surface area (Å²) in [6.45, 7) is 9.45. The molecule has 5 heteroatoms. The van der Waals surface area contributed by atoms with Crippen LogP contribution in [0.5, 0.6) is 0 Å². The number of thiophene rings is 1. The van der Waals surface area contributed by atoms with Crippen molar-refractivity contribution in [3.05, 3.63) is 51.0 Å². The van der Waals surface area contributed by atoms with Crippen molar-refractivity contribution in [2.24, 2.45) is 5.18 Å². The third-order valence-electron chi connectivity index (χ3n) is 2.25. The molecule has 1 heterocycles. The minimum atomic E-state index is -0.328. The third-order valence-corrected chi connectivity index (χ3v) is 4.04. The van der Waals surface area contributed by atoms with E-state index in [1.165, 1.54) is 0 Å². The lowest BCUT2D eigenvalue weighted by Gasteiger charge is -2.20. The fourth-order valence-corrected chi connectivity index (χ4v) is 2.98. The predicted octanol–water partition coefficient (Wildman–Crippen LogP) is 3.99. The maximum atomic E-state index is 10.9. The van der Waals surface area contributed by atoms with Crippen LogP contribution in [0.3, 0.4) is 0 Å². The van der Waals surface area contributed by atoms with Gasteiger partial charge in [0.05, 0.1) is 0 Å². The van der Waals surface area contributed by atoms with E-state index in [1.807, 2.05) is 23.6 Å². The van der Waals surface area contributed by atoms with Crippen LogP contribution in [0.15, 0.2) is 46.4 Å². The Morgan fingerprint density at radius 2 is 2.12 bits per heavy atom. The van der Waals surface area contributed by atoms with Crippen LogP contribution in [0.25, 0.3) is 0 Å². The molecule has 1 rings (SSSR count). The van der Waals surface area contributed by atoms with Crippen LogP contribution in [-0.4, -0.2) is 24.5 Å². The van der Waals surface area contributed by atoms with Gasteiger partial charge in [-0.05, 0) is 22.0 Å².